The van der Waals surface area contributed by atoms with E-state index in [0.717, 1.165) is 6.08 Å². The summed E-state index contributed by atoms with van der Waals surface area (Å²) < 4.78 is 90.1. The van der Waals surface area contributed by atoms with Gasteiger partial charge >= 0.3 is 12.4 Å². The SMILES string of the molecule is C=C/C(=C\C(=C/CC1=C(N/C(=C(\N)c2ccc(OC)cc2)c2ccc(OC)cc2)[C@H]1C)C(F)(F)F)C(F)(F)F. The van der Waals surface area contributed by atoms with Crippen molar-refractivity contribution in [3.63, 3.8) is 0 Å². The number of nitrogens with one attached hydrogen (secondary N) is 1. The van der Waals surface area contributed by atoms with Crippen LogP contribution in [-0.2, 0) is 0 Å². The lowest BCUT2D eigenvalue weighted by atomic mass is 10.0. The highest BCUT2D eigenvalue weighted by Crippen LogP contribution is 2.43. The number of rotatable bonds is 10. The smallest absolute Gasteiger partial charge is 0.416 e. The van der Waals surface area contributed by atoms with Gasteiger partial charge in [0.2, 0.25) is 0 Å². The topological polar surface area (TPSA) is 56.5 Å². The molecule has 208 valence electrons. The summed E-state index contributed by atoms with van der Waals surface area (Å²) in [5.41, 5.74) is 7.19. The van der Waals surface area contributed by atoms with Gasteiger partial charge in [0.05, 0.1) is 36.8 Å². The second kappa shape index (κ2) is 11.8. The highest BCUT2D eigenvalue weighted by atomic mass is 19.4. The minimum Gasteiger partial charge on any atom is -0.497 e. The molecule has 3 N–H and O–H groups in total. The molecule has 0 radical (unpaired) electrons. The molecule has 0 aromatic heterocycles. The Balaban J connectivity index is 1.99. The number of ether oxygens (including phenoxy) is 2. The van der Waals surface area contributed by atoms with Gasteiger partial charge in [0.15, 0.2) is 0 Å². The van der Waals surface area contributed by atoms with Crippen LogP contribution in [0.15, 0.2) is 95.8 Å². The van der Waals surface area contributed by atoms with Gasteiger partial charge in [-0.25, -0.2) is 0 Å². The Kier molecular flexibility index (Phi) is 8.88. The molecule has 0 saturated heterocycles. The van der Waals surface area contributed by atoms with Crippen LogP contribution in [0.2, 0.25) is 0 Å². The molecule has 0 saturated carbocycles. The highest BCUT2D eigenvalue weighted by Gasteiger charge is 2.38. The van der Waals surface area contributed by atoms with Crippen molar-refractivity contribution in [1.29, 1.82) is 0 Å². The molecule has 1 aliphatic rings. The van der Waals surface area contributed by atoms with Crippen LogP contribution in [0.1, 0.15) is 24.5 Å². The van der Waals surface area contributed by atoms with E-state index in [2.05, 4.69) is 11.9 Å². The number of allylic oxidation sites excluding steroid dienone is 7. The summed E-state index contributed by atoms with van der Waals surface area (Å²) in [6, 6.07) is 14.1. The number of benzene rings is 2. The molecule has 0 heterocycles. The average molecular weight is 551 g/mol. The van der Waals surface area contributed by atoms with Crippen LogP contribution in [0, 0.1) is 5.92 Å². The zero-order chi connectivity index (χ0) is 29.0. The fourth-order valence-corrected chi connectivity index (χ4v) is 3.87. The Labute approximate surface area is 222 Å². The number of nitrogens with two attached hydrogens (primary N) is 1. The summed E-state index contributed by atoms with van der Waals surface area (Å²) in [4.78, 5) is 0. The van der Waals surface area contributed by atoms with Crippen molar-refractivity contribution in [2.24, 2.45) is 11.7 Å². The van der Waals surface area contributed by atoms with Crippen molar-refractivity contribution in [2.45, 2.75) is 25.7 Å². The van der Waals surface area contributed by atoms with Gasteiger partial charge in [-0.15, -0.1) is 0 Å². The molecule has 2 aromatic rings. The largest absolute Gasteiger partial charge is 0.497 e. The molecule has 1 atom stereocenters. The first kappa shape index (κ1) is 29.5. The molecular weight excluding hydrogens is 522 g/mol. The second-order valence-corrected chi connectivity index (χ2v) is 8.69. The number of halogens is 6. The van der Waals surface area contributed by atoms with Gasteiger partial charge in [-0.2, -0.15) is 26.3 Å². The Morgan fingerprint density at radius 1 is 0.872 bits per heavy atom. The van der Waals surface area contributed by atoms with Crippen LogP contribution in [0.25, 0.3) is 11.4 Å². The molecule has 1 aliphatic carbocycles. The lowest BCUT2D eigenvalue weighted by Gasteiger charge is -2.15. The van der Waals surface area contributed by atoms with Crippen molar-refractivity contribution < 1.29 is 35.8 Å². The van der Waals surface area contributed by atoms with E-state index >= 15 is 0 Å². The van der Waals surface area contributed by atoms with Crippen LogP contribution in [-0.4, -0.2) is 26.6 Å². The summed E-state index contributed by atoms with van der Waals surface area (Å²) in [5, 5.41) is 3.25. The zero-order valence-corrected chi connectivity index (χ0v) is 21.5. The first-order chi connectivity index (χ1) is 18.3. The van der Waals surface area contributed by atoms with E-state index in [1.165, 1.54) is 14.2 Å². The summed E-state index contributed by atoms with van der Waals surface area (Å²) in [7, 11) is 3.07. The van der Waals surface area contributed by atoms with E-state index in [1.807, 2.05) is 0 Å². The maximum Gasteiger partial charge on any atom is 0.416 e. The third-order valence-corrected chi connectivity index (χ3v) is 6.25. The Hall–Kier alpha value is -4.08. The third-order valence-electron chi connectivity index (χ3n) is 6.25. The highest BCUT2D eigenvalue weighted by molar-refractivity contribution is 5.89. The molecule has 0 spiro atoms. The van der Waals surface area contributed by atoms with Crippen molar-refractivity contribution >= 4 is 11.4 Å². The normalized spacial score (nSPS) is 17.0. The molecule has 0 bridgehead atoms. The van der Waals surface area contributed by atoms with Crippen LogP contribution < -0.4 is 20.5 Å². The predicted octanol–water partition coefficient (Wildman–Crippen LogP) is 7.54. The van der Waals surface area contributed by atoms with Gasteiger partial charge in [0, 0.05) is 17.2 Å². The predicted molar refractivity (Wildman–Crippen MR) is 139 cm³/mol. The van der Waals surface area contributed by atoms with E-state index in [1.54, 1.807) is 55.5 Å². The number of hydrogen-bond donors (Lipinski definition) is 2. The minimum atomic E-state index is -4.97. The molecule has 0 aliphatic heterocycles. The van der Waals surface area contributed by atoms with Crippen LogP contribution >= 0.6 is 0 Å². The standard InChI is InChI=1S/C29H28F6N2O2/c1-5-20(28(30,31)32)16-21(29(33,34)35)10-15-24-17(2)26(24)37-27(19-8-13-23(39-4)14-9-19)25(36)18-6-11-22(38-3)12-7-18/h5-14,16-17,37H,1,15,36H2,2-4H3/b20-16+,21-10+,27-25-/t17-/m0/s1. The molecule has 3 rings (SSSR count). The summed E-state index contributed by atoms with van der Waals surface area (Å²) in [6.07, 6.45) is -8.95. The van der Waals surface area contributed by atoms with Crippen molar-refractivity contribution in [3.8, 4) is 11.5 Å². The van der Waals surface area contributed by atoms with Crippen molar-refractivity contribution in [3.05, 3.63) is 107 Å². The van der Waals surface area contributed by atoms with Crippen LogP contribution in [0.5, 0.6) is 11.5 Å². The van der Waals surface area contributed by atoms with Crippen LogP contribution in [0.3, 0.4) is 0 Å². The lowest BCUT2D eigenvalue weighted by Crippen LogP contribution is -2.15. The van der Waals surface area contributed by atoms with Crippen molar-refractivity contribution in [2.75, 3.05) is 14.2 Å². The molecule has 0 fully saturated rings. The van der Waals surface area contributed by atoms with Gasteiger partial charge in [0.1, 0.15) is 11.5 Å². The Bertz CT molecular complexity index is 1320. The summed E-state index contributed by atoms with van der Waals surface area (Å²) >= 11 is 0. The molecule has 0 amide bonds. The monoisotopic (exact) mass is 550 g/mol. The van der Waals surface area contributed by atoms with Gasteiger partial charge in [0.25, 0.3) is 0 Å². The number of hydrogen-bond acceptors (Lipinski definition) is 4. The van der Waals surface area contributed by atoms with E-state index in [9.17, 15) is 26.3 Å². The first-order valence-corrected chi connectivity index (χ1v) is 11.8. The Morgan fingerprint density at radius 3 is 1.79 bits per heavy atom. The third kappa shape index (κ3) is 7.28. The first-order valence-electron chi connectivity index (χ1n) is 11.8. The molecule has 10 heteroatoms. The number of alkyl halides is 6. The molecule has 0 unspecified atom stereocenters. The van der Waals surface area contributed by atoms with Gasteiger partial charge in [-0.05, 0) is 72.2 Å². The maximum absolute atomic E-state index is 13.5. The van der Waals surface area contributed by atoms with E-state index < -0.39 is 23.5 Å². The maximum atomic E-state index is 13.5. The Morgan fingerprint density at radius 2 is 1.36 bits per heavy atom. The molecular formula is C29H28F6N2O2. The van der Waals surface area contributed by atoms with Gasteiger partial charge < -0.3 is 20.5 Å². The average Bonchev–Trinajstić information content (AvgIpc) is 3.52. The minimum absolute atomic E-state index is 0.0675. The quantitative estimate of drug-likeness (QED) is 0.182. The molecule has 2 aromatic carbocycles. The van der Waals surface area contributed by atoms with E-state index in [-0.39, 0.29) is 18.4 Å². The van der Waals surface area contributed by atoms with E-state index in [0.29, 0.717) is 51.4 Å². The van der Waals surface area contributed by atoms with Crippen molar-refractivity contribution in [1.82, 2.24) is 5.32 Å². The number of methoxy groups -OCH3 is 2. The second-order valence-electron chi connectivity index (χ2n) is 8.69. The molecule has 39 heavy (non-hydrogen) atoms. The van der Waals surface area contributed by atoms with Gasteiger partial charge in [-0.1, -0.05) is 25.7 Å². The summed E-state index contributed by atoms with van der Waals surface area (Å²) in [5.74, 6) is 1.03. The van der Waals surface area contributed by atoms with Crippen LogP contribution in [0.4, 0.5) is 26.3 Å². The lowest BCUT2D eigenvalue weighted by molar-refractivity contribution is -0.0934. The van der Waals surface area contributed by atoms with E-state index in [4.69, 9.17) is 15.2 Å². The summed E-state index contributed by atoms with van der Waals surface area (Å²) in [6.45, 7) is 4.77. The van der Waals surface area contributed by atoms with Gasteiger partial charge in [-0.3, -0.25) is 0 Å². The molecule has 4 nitrogen and oxygen atoms in total. The fraction of sp³-hybridized carbons (Fsp3) is 0.241. The fourth-order valence-electron chi connectivity index (χ4n) is 3.87. The zero-order valence-electron chi connectivity index (χ0n) is 21.5.